The van der Waals surface area contributed by atoms with E-state index in [1.54, 1.807) is 6.92 Å². The summed E-state index contributed by atoms with van der Waals surface area (Å²) in [5.74, 6) is 3.44. The van der Waals surface area contributed by atoms with Crippen molar-refractivity contribution in [3.8, 4) is 11.8 Å². The van der Waals surface area contributed by atoms with E-state index in [-0.39, 0.29) is 12.3 Å². The van der Waals surface area contributed by atoms with Crippen molar-refractivity contribution in [1.29, 1.82) is 0 Å². The molecule has 3 nitrogen and oxygen atoms in total. The molecule has 90 valence electrons. The smallest absolute Gasteiger partial charge is 0.416 e. The first-order valence-corrected chi connectivity index (χ1v) is 4.65. The normalized spacial score (nSPS) is 10.4. The molecular weight excluding hydrogens is 235 g/mol. The van der Waals surface area contributed by atoms with E-state index in [1.807, 2.05) is 5.92 Å². The molecule has 0 aliphatic rings. The van der Waals surface area contributed by atoms with Crippen LogP contribution >= 0.6 is 0 Å². The molecule has 0 aliphatic heterocycles. The summed E-state index contributed by atoms with van der Waals surface area (Å²) in [7, 11) is 0. The van der Waals surface area contributed by atoms with Gasteiger partial charge in [0.2, 0.25) is 0 Å². The van der Waals surface area contributed by atoms with Gasteiger partial charge in [0.15, 0.2) is 0 Å². The summed E-state index contributed by atoms with van der Waals surface area (Å²) in [6.45, 7) is 1.76. The van der Waals surface area contributed by atoms with E-state index in [2.05, 4.69) is 15.6 Å². The van der Waals surface area contributed by atoms with E-state index in [0.717, 1.165) is 18.3 Å². The Balaban J connectivity index is 2.90. The Kier molecular flexibility index (Phi) is 4.10. The Morgan fingerprint density at radius 2 is 2.24 bits per heavy atom. The lowest BCUT2D eigenvalue weighted by molar-refractivity contribution is -0.138. The number of aromatic nitrogens is 1. The second kappa shape index (κ2) is 5.34. The average Bonchev–Trinajstić information content (AvgIpc) is 2.26. The number of hydrogen-bond donors (Lipinski definition) is 0. The van der Waals surface area contributed by atoms with E-state index in [1.165, 1.54) is 0 Å². The van der Waals surface area contributed by atoms with Crippen molar-refractivity contribution in [2.45, 2.75) is 13.1 Å². The zero-order chi connectivity index (χ0) is 12.9. The van der Waals surface area contributed by atoms with E-state index in [0.29, 0.717) is 0 Å². The third kappa shape index (κ3) is 4.15. The van der Waals surface area contributed by atoms with Gasteiger partial charge < -0.3 is 4.74 Å². The Morgan fingerprint density at radius 1 is 1.53 bits per heavy atom. The number of carbonyl (C=O) groups is 1. The lowest BCUT2D eigenvalue weighted by atomic mass is 10.2. The van der Waals surface area contributed by atoms with Gasteiger partial charge in [-0.05, 0) is 25.0 Å². The van der Waals surface area contributed by atoms with Crippen molar-refractivity contribution in [2.24, 2.45) is 0 Å². The van der Waals surface area contributed by atoms with Crippen LogP contribution in [0, 0.1) is 11.8 Å². The molecule has 0 amide bonds. The third-order valence-electron chi connectivity index (χ3n) is 1.66. The fraction of sp³-hybridized carbons (Fsp3) is 0.273. The second-order valence-corrected chi connectivity index (χ2v) is 2.90. The minimum absolute atomic E-state index is 0.132. The second-order valence-electron chi connectivity index (χ2n) is 2.90. The van der Waals surface area contributed by atoms with Gasteiger partial charge in [-0.15, -0.1) is 0 Å². The van der Waals surface area contributed by atoms with Crippen LogP contribution < -0.4 is 0 Å². The van der Waals surface area contributed by atoms with Gasteiger partial charge in [0, 0.05) is 12.1 Å². The first-order chi connectivity index (χ1) is 7.93. The summed E-state index contributed by atoms with van der Waals surface area (Å²) >= 11 is 0. The van der Waals surface area contributed by atoms with E-state index in [9.17, 15) is 18.0 Å². The first kappa shape index (κ1) is 13.0. The maximum absolute atomic E-state index is 12.3. The SMILES string of the molecule is CCOC(=O)C#Cc1cc(C(F)(F)F)ccn1. The fourth-order valence-electron chi connectivity index (χ4n) is 0.957. The minimum Gasteiger partial charge on any atom is -0.456 e. The Labute approximate surface area is 95.6 Å². The minimum atomic E-state index is -4.46. The highest BCUT2D eigenvalue weighted by Gasteiger charge is 2.30. The largest absolute Gasteiger partial charge is 0.456 e. The number of pyridine rings is 1. The molecule has 0 bridgehead atoms. The molecule has 0 aromatic carbocycles. The molecule has 1 aromatic heterocycles. The Bertz CT molecular complexity index is 472. The monoisotopic (exact) mass is 243 g/mol. The van der Waals surface area contributed by atoms with Gasteiger partial charge in [-0.25, -0.2) is 9.78 Å². The average molecular weight is 243 g/mol. The quantitative estimate of drug-likeness (QED) is 0.559. The highest BCUT2D eigenvalue weighted by Crippen LogP contribution is 2.28. The van der Waals surface area contributed by atoms with Crippen LogP contribution in [0.3, 0.4) is 0 Å². The number of hydrogen-bond acceptors (Lipinski definition) is 3. The predicted octanol–water partition coefficient (Wildman–Crippen LogP) is 2.01. The molecule has 0 atom stereocenters. The number of esters is 1. The topological polar surface area (TPSA) is 39.2 Å². The standard InChI is InChI=1S/C11H8F3NO2/c1-2-17-10(16)4-3-9-7-8(5-6-15-9)11(12,13)14/h5-7H,2H2,1H3. The van der Waals surface area contributed by atoms with Crippen LogP contribution in [0.5, 0.6) is 0 Å². The van der Waals surface area contributed by atoms with Crippen LogP contribution in [0.4, 0.5) is 13.2 Å². The van der Waals surface area contributed by atoms with Crippen molar-refractivity contribution in [3.63, 3.8) is 0 Å². The third-order valence-corrected chi connectivity index (χ3v) is 1.66. The Hall–Kier alpha value is -2.03. The van der Waals surface area contributed by atoms with E-state index >= 15 is 0 Å². The van der Waals surface area contributed by atoms with Gasteiger partial charge in [-0.1, -0.05) is 0 Å². The summed E-state index contributed by atoms with van der Waals surface area (Å²) in [6.07, 6.45) is -3.47. The fourth-order valence-corrected chi connectivity index (χ4v) is 0.957. The van der Waals surface area contributed by atoms with Crippen molar-refractivity contribution < 1.29 is 22.7 Å². The first-order valence-electron chi connectivity index (χ1n) is 4.65. The molecule has 0 spiro atoms. The van der Waals surface area contributed by atoms with Crippen molar-refractivity contribution in [2.75, 3.05) is 6.61 Å². The molecule has 0 unspecified atom stereocenters. The molecule has 1 heterocycles. The molecule has 6 heteroatoms. The van der Waals surface area contributed by atoms with Crippen LogP contribution in [-0.4, -0.2) is 17.6 Å². The molecule has 0 fully saturated rings. The van der Waals surface area contributed by atoms with Gasteiger partial charge in [-0.3, -0.25) is 0 Å². The summed E-state index contributed by atoms with van der Waals surface area (Å²) < 4.78 is 41.5. The van der Waals surface area contributed by atoms with Crippen molar-refractivity contribution in [1.82, 2.24) is 4.98 Å². The van der Waals surface area contributed by atoms with E-state index in [4.69, 9.17) is 0 Å². The molecule has 0 saturated heterocycles. The molecule has 17 heavy (non-hydrogen) atoms. The Morgan fingerprint density at radius 3 is 2.82 bits per heavy atom. The van der Waals surface area contributed by atoms with Gasteiger partial charge >= 0.3 is 12.1 Å². The highest BCUT2D eigenvalue weighted by atomic mass is 19.4. The van der Waals surface area contributed by atoms with E-state index < -0.39 is 17.7 Å². The zero-order valence-electron chi connectivity index (χ0n) is 8.84. The number of alkyl halides is 3. The number of ether oxygens (including phenoxy) is 1. The van der Waals surface area contributed by atoms with Crippen LogP contribution in [-0.2, 0) is 15.7 Å². The maximum Gasteiger partial charge on any atom is 0.416 e. The van der Waals surface area contributed by atoms with Crippen molar-refractivity contribution in [3.05, 3.63) is 29.6 Å². The summed E-state index contributed by atoms with van der Waals surface area (Å²) in [6, 6.07) is 1.60. The summed E-state index contributed by atoms with van der Waals surface area (Å²) in [5.41, 5.74) is -0.992. The van der Waals surface area contributed by atoms with Gasteiger partial charge in [-0.2, -0.15) is 13.2 Å². The molecule has 1 rings (SSSR count). The number of carbonyl (C=O) groups excluding carboxylic acids is 1. The maximum atomic E-state index is 12.3. The van der Waals surface area contributed by atoms with Crippen LogP contribution in [0.2, 0.25) is 0 Å². The van der Waals surface area contributed by atoms with Crippen LogP contribution in [0.25, 0.3) is 0 Å². The van der Waals surface area contributed by atoms with Crippen molar-refractivity contribution >= 4 is 5.97 Å². The lowest BCUT2D eigenvalue weighted by Gasteiger charge is -2.05. The molecular formula is C11H8F3NO2. The number of halogens is 3. The summed E-state index contributed by atoms with van der Waals surface area (Å²) in [5, 5.41) is 0. The number of nitrogens with zero attached hydrogens (tertiary/aromatic N) is 1. The van der Waals surface area contributed by atoms with Gasteiger partial charge in [0.1, 0.15) is 5.69 Å². The number of rotatable bonds is 1. The molecule has 0 radical (unpaired) electrons. The molecule has 1 aromatic rings. The van der Waals surface area contributed by atoms with Gasteiger partial charge in [0.05, 0.1) is 12.2 Å². The lowest BCUT2D eigenvalue weighted by Crippen LogP contribution is -2.05. The summed E-state index contributed by atoms with van der Waals surface area (Å²) in [4.78, 5) is 14.5. The van der Waals surface area contributed by atoms with Crippen LogP contribution in [0.1, 0.15) is 18.2 Å². The molecule has 0 N–H and O–H groups in total. The predicted molar refractivity (Wildman–Crippen MR) is 52.8 cm³/mol. The van der Waals surface area contributed by atoms with Gasteiger partial charge in [0.25, 0.3) is 0 Å². The molecule has 0 aliphatic carbocycles. The van der Waals surface area contributed by atoms with Crippen LogP contribution in [0.15, 0.2) is 18.3 Å². The molecule has 0 saturated carbocycles. The highest BCUT2D eigenvalue weighted by molar-refractivity contribution is 5.88. The zero-order valence-corrected chi connectivity index (χ0v) is 8.84.